The van der Waals surface area contributed by atoms with Crippen LogP contribution in [0.4, 0.5) is 4.79 Å². The van der Waals surface area contributed by atoms with E-state index in [1.165, 1.54) is 0 Å². The van der Waals surface area contributed by atoms with Crippen molar-refractivity contribution in [1.82, 2.24) is 9.88 Å². The van der Waals surface area contributed by atoms with Gasteiger partial charge in [-0.1, -0.05) is 11.6 Å². The Balaban J connectivity index is 1.86. The Bertz CT molecular complexity index is 600. The van der Waals surface area contributed by atoms with Gasteiger partial charge in [-0.3, -0.25) is 4.90 Å². The van der Waals surface area contributed by atoms with Crippen LogP contribution in [0, 0.1) is 0 Å². The molecule has 1 amide bonds. The van der Waals surface area contributed by atoms with Gasteiger partial charge in [-0.2, -0.15) is 0 Å². The first-order valence-electron chi connectivity index (χ1n) is 7.70. The van der Waals surface area contributed by atoms with Gasteiger partial charge in [0.15, 0.2) is 0 Å². The van der Waals surface area contributed by atoms with Gasteiger partial charge >= 0.3 is 6.09 Å². The van der Waals surface area contributed by atoms with E-state index < -0.39 is 5.60 Å². The molecule has 2 bridgehead atoms. The highest BCUT2D eigenvalue weighted by Crippen LogP contribution is 2.41. The van der Waals surface area contributed by atoms with Crippen molar-refractivity contribution in [3.8, 4) is 0 Å². The number of amides is 1. The van der Waals surface area contributed by atoms with Gasteiger partial charge in [-0.15, -0.1) is 0 Å². The SMILES string of the molecule is CC(C)(C)OC(=O)N1[C@H]2CC[C@@H]1[C@@H](c1cc(Cl)nc(Br)c1)OC2. The number of carbonyl (C=O) groups is 1. The zero-order valence-corrected chi connectivity index (χ0v) is 15.7. The normalized spacial score (nSPS) is 27.2. The maximum Gasteiger partial charge on any atom is 0.410 e. The summed E-state index contributed by atoms with van der Waals surface area (Å²) in [7, 11) is 0. The minimum absolute atomic E-state index is 0.0334. The standard InChI is InChI=1S/C16H20BrClN2O3/c1-16(2,3)23-15(21)20-10-4-5-11(20)14(22-8-10)9-6-12(17)19-13(18)7-9/h6-7,10-11,14H,4-5,8H2,1-3H3/t10-,11+,14+/m0/s1. The Morgan fingerprint density at radius 2 is 2.17 bits per heavy atom. The van der Waals surface area contributed by atoms with Gasteiger partial charge in [0, 0.05) is 0 Å². The third-order valence-corrected chi connectivity index (χ3v) is 4.68. The van der Waals surface area contributed by atoms with Crippen LogP contribution < -0.4 is 0 Å². The number of aromatic nitrogens is 1. The number of hydrogen-bond acceptors (Lipinski definition) is 4. The van der Waals surface area contributed by atoms with E-state index in [-0.39, 0.29) is 24.3 Å². The van der Waals surface area contributed by atoms with Gasteiger partial charge in [-0.25, -0.2) is 9.78 Å². The van der Waals surface area contributed by atoms with E-state index in [1.54, 1.807) is 6.07 Å². The van der Waals surface area contributed by atoms with Crippen molar-refractivity contribution in [3.05, 3.63) is 27.5 Å². The quantitative estimate of drug-likeness (QED) is 0.655. The van der Waals surface area contributed by atoms with Crippen LogP contribution in [0.2, 0.25) is 5.15 Å². The van der Waals surface area contributed by atoms with Crippen molar-refractivity contribution in [2.75, 3.05) is 6.61 Å². The first kappa shape index (κ1) is 17.0. The second kappa shape index (κ2) is 6.22. The summed E-state index contributed by atoms with van der Waals surface area (Å²) in [6.45, 7) is 6.15. The Hall–Kier alpha value is -0.850. The lowest BCUT2D eigenvalue weighted by Gasteiger charge is -2.40. The van der Waals surface area contributed by atoms with Crippen molar-refractivity contribution in [2.24, 2.45) is 0 Å². The Kier molecular flexibility index (Phi) is 4.60. The molecule has 0 N–H and O–H groups in total. The highest BCUT2D eigenvalue weighted by atomic mass is 79.9. The molecule has 3 atom stereocenters. The van der Waals surface area contributed by atoms with Crippen molar-refractivity contribution in [3.63, 3.8) is 0 Å². The summed E-state index contributed by atoms with van der Waals surface area (Å²) >= 11 is 9.41. The van der Waals surface area contributed by atoms with Crippen molar-refractivity contribution in [2.45, 2.75) is 57.4 Å². The predicted octanol–water partition coefficient (Wildman–Crippen LogP) is 4.34. The minimum atomic E-state index is -0.507. The van der Waals surface area contributed by atoms with Crippen molar-refractivity contribution < 1.29 is 14.3 Å². The average molecular weight is 404 g/mol. The van der Waals surface area contributed by atoms with Crippen LogP contribution in [0.15, 0.2) is 16.7 Å². The number of hydrogen-bond donors (Lipinski definition) is 0. The van der Waals surface area contributed by atoms with E-state index in [4.69, 9.17) is 21.1 Å². The molecule has 126 valence electrons. The van der Waals surface area contributed by atoms with E-state index in [0.29, 0.717) is 16.4 Å². The summed E-state index contributed by atoms with van der Waals surface area (Å²) < 4.78 is 12.2. The fourth-order valence-electron chi connectivity index (χ4n) is 3.26. The van der Waals surface area contributed by atoms with Gasteiger partial charge in [-0.05, 0) is 67.2 Å². The molecule has 23 heavy (non-hydrogen) atoms. The minimum Gasteiger partial charge on any atom is -0.444 e. The molecule has 3 rings (SSSR count). The van der Waals surface area contributed by atoms with Crippen LogP contribution in [0.5, 0.6) is 0 Å². The van der Waals surface area contributed by atoms with Gasteiger partial charge < -0.3 is 9.47 Å². The van der Waals surface area contributed by atoms with Gasteiger partial charge in [0.2, 0.25) is 0 Å². The van der Waals surface area contributed by atoms with Crippen molar-refractivity contribution >= 4 is 33.6 Å². The van der Waals surface area contributed by atoms with E-state index in [9.17, 15) is 4.79 Å². The zero-order chi connectivity index (χ0) is 16.8. The number of halogens is 2. The fraction of sp³-hybridized carbons (Fsp3) is 0.625. The monoisotopic (exact) mass is 402 g/mol. The highest BCUT2D eigenvalue weighted by Gasteiger charge is 2.47. The Morgan fingerprint density at radius 1 is 1.43 bits per heavy atom. The first-order chi connectivity index (χ1) is 10.7. The lowest BCUT2D eigenvalue weighted by atomic mass is 10.0. The van der Waals surface area contributed by atoms with Crippen LogP contribution in [-0.4, -0.2) is 40.3 Å². The van der Waals surface area contributed by atoms with Crippen molar-refractivity contribution in [1.29, 1.82) is 0 Å². The molecule has 1 aromatic heterocycles. The van der Waals surface area contributed by atoms with E-state index >= 15 is 0 Å². The largest absolute Gasteiger partial charge is 0.444 e. The lowest BCUT2D eigenvalue weighted by molar-refractivity contribution is -0.0804. The summed E-state index contributed by atoms with van der Waals surface area (Å²) in [6, 6.07) is 3.74. The molecule has 2 aliphatic heterocycles. The number of fused-ring (bicyclic) bond motifs is 2. The fourth-order valence-corrected chi connectivity index (χ4v) is 4.04. The number of nitrogens with zero attached hydrogens (tertiary/aromatic N) is 2. The molecule has 1 aromatic rings. The molecular weight excluding hydrogens is 384 g/mol. The maximum absolute atomic E-state index is 12.6. The van der Waals surface area contributed by atoms with Crippen LogP contribution in [-0.2, 0) is 9.47 Å². The van der Waals surface area contributed by atoms with E-state index in [0.717, 1.165) is 18.4 Å². The Morgan fingerprint density at radius 3 is 2.83 bits per heavy atom. The topological polar surface area (TPSA) is 51.7 Å². The molecule has 0 saturated carbocycles. The second-order valence-electron chi connectivity index (χ2n) is 6.99. The van der Waals surface area contributed by atoms with Gasteiger partial charge in [0.25, 0.3) is 0 Å². The maximum atomic E-state index is 12.6. The third kappa shape index (κ3) is 3.64. The third-order valence-electron chi connectivity index (χ3n) is 4.08. The Labute approximate surface area is 149 Å². The first-order valence-corrected chi connectivity index (χ1v) is 8.87. The molecule has 5 nitrogen and oxygen atoms in total. The average Bonchev–Trinajstić information content (AvgIpc) is 2.70. The smallest absolute Gasteiger partial charge is 0.410 e. The summed E-state index contributed by atoms with van der Waals surface area (Å²) in [5.74, 6) is 0. The summed E-state index contributed by atoms with van der Waals surface area (Å²) in [5.41, 5.74) is 0.420. The molecule has 2 saturated heterocycles. The molecular formula is C16H20BrClN2O3. The van der Waals surface area contributed by atoms with Crippen LogP contribution in [0.1, 0.15) is 45.3 Å². The number of rotatable bonds is 1. The van der Waals surface area contributed by atoms with E-state index in [2.05, 4.69) is 20.9 Å². The highest BCUT2D eigenvalue weighted by molar-refractivity contribution is 9.10. The summed E-state index contributed by atoms with van der Waals surface area (Å²) in [6.07, 6.45) is 1.35. The number of pyridine rings is 1. The summed E-state index contributed by atoms with van der Waals surface area (Å²) in [5, 5.41) is 0.405. The molecule has 0 aliphatic carbocycles. The van der Waals surface area contributed by atoms with Crippen LogP contribution in [0.3, 0.4) is 0 Å². The molecule has 0 spiro atoms. The predicted molar refractivity (Wildman–Crippen MR) is 90.5 cm³/mol. The molecule has 7 heteroatoms. The number of carbonyl (C=O) groups excluding carboxylic acids is 1. The number of ether oxygens (including phenoxy) is 2. The second-order valence-corrected chi connectivity index (χ2v) is 8.19. The van der Waals surface area contributed by atoms with Crippen LogP contribution >= 0.6 is 27.5 Å². The zero-order valence-electron chi connectivity index (χ0n) is 13.4. The lowest BCUT2D eigenvalue weighted by Crippen LogP contribution is -2.51. The number of morpholine rings is 1. The molecule has 0 unspecified atom stereocenters. The molecule has 2 fully saturated rings. The van der Waals surface area contributed by atoms with Gasteiger partial charge in [0.1, 0.15) is 21.5 Å². The molecule has 0 aromatic carbocycles. The van der Waals surface area contributed by atoms with E-state index in [1.807, 2.05) is 31.7 Å². The van der Waals surface area contributed by atoms with Crippen LogP contribution in [0.25, 0.3) is 0 Å². The molecule has 3 heterocycles. The molecule has 0 radical (unpaired) electrons. The van der Waals surface area contributed by atoms with Gasteiger partial charge in [0.05, 0.1) is 18.7 Å². The summed E-state index contributed by atoms with van der Waals surface area (Å²) in [4.78, 5) is 18.5. The molecule has 2 aliphatic rings.